The lowest BCUT2D eigenvalue weighted by molar-refractivity contribution is 0.488. The van der Waals surface area contributed by atoms with E-state index in [1.807, 2.05) is 6.92 Å². The topological polar surface area (TPSA) is 79.0 Å². The first-order valence-corrected chi connectivity index (χ1v) is 8.74. The van der Waals surface area contributed by atoms with Gasteiger partial charge in [0.2, 0.25) is 0 Å². The summed E-state index contributed by atoms with van der Waals surface area (Å²) in [6, 6.07) is -0.125. The zero-order chi connectivity index (χ0) is 14.6. The minimum atomic E-state index is -3.58. The number of rotatable bonds is 7. The van der Waals surface area contributed by atoms with E-state index in [9.17, 15) is 13.2 Å². The number of aromatic amines is 1. The third-order valence-corrected chi connectivity index (χ3v) is 5.99. The van der Waals surface area contributed by atoms with Crippen molar-refractivity contribution in [2.45, 2.75) is 57.2 Å². The number of nitrogens with one attached hydrogen (secondary N) is 2. The van der Waals surface area contributed by atoms with Crippen molar-refractivity contribution in [3.05, 3.63) is 15.4 Å². The third kappa shape index (κ3) is 5.08. The molecule has 1 aromatic heterocycles. The quantitative estimate of drug-likeness (QED) is 0.811. The monoisotopic (exact) mass is 306 g/mol. The van der Waals surface area contributed by atoms with Crippen LogP contribution in [0.3, 0.4) is 0 Å². The van der Waals surface area contributed by atoms with Crippen molar-refractivity contribution in [2.75, 3.05) is 0 Å². The van der Waals surface area contributed by atoms with Gasteiger partial charge >= 0.3 is 4.87 Å². The molecule has 2 N–H and O–H groups in total. The molecule has 0 saturated carbocycles. The van der Waals surface area contributed by atoms with Gasteiger partial charge in [-0.25, -0.2) is 13.1 Å². The van der Waals surface area contributed by atoms with Gasteiger partial charge in [0.25, 0.3) is 10.0 Å². The molecule has 1 rings (SSSR count). The van der Waals surface area contributed by atoms with Crippen molar-refractivity contribution in [2.24, 2.45) is 5.92 Å². The number of hydrogen-bond acceptors (Lipinski definition) is 4. The summed E-state index contributed by atoms with van der Waals surface area (Å²) in [4.78, 5) is 13.3. The number of thiazole rings is 1. The van der Waals surface area contributed by atoms with Crippen LogP contribution in [0.4, 0.5) is 0 Å². The lowest BCUT2D eigenvalue weighted by Gasteiger charge is -2.14. The zero-order valence-electron chi connectivity index (χ0n) is 11.8. The van der Waals surface area contributed by atoms with Crippen LogP contribution in [0.5, 0.6) is 0 Å². The van der Waals surface area contributed by atoms with Crippen molar-refractivity contribution < 1.29 is 8.42 Å². The number of H-pyrrole nitrogens is 1. The van der Waals surface area contributed by atoms with Gasteiger partial charge < -0.3 is 4.98 Å². The average molecular weight is 306 g/mol. The fourth-order valence-electron chi connectivity index (χ4n) is 1.86. The van der Waals surface area contributed by atoms with E-state index >= 15 is 0 Å². The van der Waals surface area contributed by atoms with Crippen LogP contribution in [-0.2, 0) is 10.0 Å². The summed E-state index contributed by atoms with van der Waals surface area (Å²) in [5.74, 6) is 0.626. The molecule has 5 nitrogen and oxygen atoms in total. The minimum absolute atomic E-state index is 0.0909. The van der Waals surface area contributed by atoms with Gasteiger partial charge in [-0.2, -0.15) is 0 Å². The minimum Gasteiger partial charge on any atom is -0.315 e. The first-order valence-electron chi connectivity index (χ1n) is 6.44. The largest absolute Gasteiger partial charge is 0.315 e. The van der Waals surface area contributed by atoms with E-state index in [1.165, 1.54) is 0 Å². The molecule has 0 aliphatic carbocycles. The van der Waals surface area contributed by atoms with Crippen LogP contribution in [0, 0.1) is 12.8 Å². The summed E-state index contributed by atoms with van der Waals surface area (Å²) in [5, 5.41) is 0. The second-order valence-corrected chi connectivity index (χ2v) is 8.17. The van der Waals surface area contributed by atoms with Gasteiger partial charge in [-0.3, -0.25) is 4.79 Å². The Bertz CT molecular complexity index is 558. The molecule has 0 saturated heterocycles. The van der Waals surface area contributed by atoms with Crippen LogP contribution < -0.4 is 9.60 Å². The van der Waals surface area contributed by atoms with Gasteiger partial charge in [-0.1, -0.05) is 38.0 Å². The van der Waals surface area contributed by atoms with E-state index < -0.39 is 10.0 Å². The highest BCUT2D eigenvalue weighted by molar-refractivity contribution is 7.91. The second kappa shape index (κ2) is 6.67. The maximum Gasteiger partial charge on any atom is 0.305 e. The summed E-state index contributed by atoms with van der Waals surface area (Å²) in [6.07, 6.45) is 2.88. The second-order valence-electron chi connectivity index (χ2n) is 5.27. The molecule has 110 valence electrons. The first kappa shape index (κ1) is 16.4. The van der Waals surface area contributed by atoms with Gasteiger partial charge in [0.1, 0.15) is 0 Å². The van der Waals surface area contributed by atoms with Crippen molar-refractivity contribution in [1.29, 1.82) is 0 Å². The molecule has 0 radical (unpaired) electrons. The Hall–Kier alpha value is -0.660. The summed E-state index contributed by atoms with van der Waals surface area (Å²) in [5.41, 5.74) is 0.400. The van der Waals surface area contributed by atoms with Crippen LogP contribution in [0.25, 0.3) is 0 Å². The molecule has 19 heavy (non-hydrogen) atoms. The fraction of sp³-hybridized carbons (Fsp3) is 0.750. The Morgan fingerprint density at radius 1 is 1.26 bits per heavy atom. The van der Waals surface area contributed by atoms with E-state index in [-0.39, 0.29) is 15.1 Å². The molecule has 1 unspecified atom stereocenters. The molecular weight excluding hydrogens is 284 g/mol. The highest BCUT2D eigenvalue weighted by Gasteiger charge is 2.22. The van der Waals surface area contributed by atoms with Gasteiger partial charge in [0.15, 0.2) is 4.21 Å². The summed E-state index contributed by atoms with van der Waals surface area (Å²) < 4.78 is 26.9. The van der Waals surface area contributed by atoms with E-state index in [0.717, 1.165) is 30.6 Å². The van der Waals surface area contributed by atoms with Crippen LogP contribution in [0.15, 0.2) is 9.00 Å². The number of aromatic nitrogens is 1. The molecule has 0 aliphatic heterocycles. The summed E-state index contributed by atoms with van der Waals surface area (Å²) in [7, 11) is -3.58. The zero-order valence-corrected chi connectivity index (χ0v) is 13.5. The van der Waals surface area contributed by atoms with Crippen molar-refractivity contribution in [1.82, 2.24) is 9.71 Å². The van der Waals surface area contributed by atoms with Gasteiger partial charge in [-0.15, -0.1) is 0 Å². The smallest absolute Gasteiger partial charge is 0.305 e. The van der Waals surface area contributed by atoms with Gasteiger partial charge in [0.05, 0.1) is 0 Å². The fourth-order valence-corrected chi connectivity index (χ4v) is 4.45. The average Bonchev–Trinajstić information content (AvgIpc) is 2.57. The number of aryl methyl sites for hydroxylation is 1. The van der Waals surface area contributed by atoms with Crippen LogP contribution in [-0.4, -0.2) is 19.4 Å². The van der Waals surface area contributed by atoms with Crippen LogP contribution in [0.1, 0.15) is 45.7 Å². The van der Waals surface area contributed by atoms with E-state index in [0.29, 0.717) is 11.6 Å². The Kier molecular flexibility index (Phi) is 5.76. The summed E-state index contributed by atoms with van der Waals surface area (Å²) >= 11 is 0.730. The van der Waals surface area contributed by atoms with E-state index in [2.05, 4.69) is 23.6 Å². The molecule has 1 atom stereocenters. The Morgan fingerprint density at radius 3 is 2.37 bits per heavy atom. The predicted octanol–water partition coefficient (Wildman–Crippen LogP) is 2.24. The molecule has 1 aromatic rings. The van der Waals surface area contributed by atoms with Crippen molar-refractivity contribution >= 4 is 21.4 Å². The highest BCUT2D eigenvalue weighted by Crippen LogP contribution is 2.17. The van der Waals surface area contributed by atoms with Gasteiger partial charge in [-0.05, 0) is 26.2 Å². The third-order valence-electron chi connectivity index (χ3n) is 2.80. The molecule has 0 amide bonds. The van der Waals surface area contributed by atoms with E-state index in [1.54, 1.807) is 6.92 Å². The number of sulfonamides is 1. The molecule has 1 heterocycles. The Labute approximate surface area is 118 Å². The standard InChI is InChI=1S/C12H22N2O3S2/c1-8(2)6-5-7-9(3)14-19(16,17)11-10(4)13-12(15)18-11/h8-9,14H,5-7H2,1-4H3,(H,13,15). The van der Waals surface area contributed by atoms with Crippen molar-refractivity contribution in [3.8, 4) is 0 Å². The maximum absolute atomic E-state index is 12.1. The first-order chi connectivity index (χ1) is 8.72. The molecule has 0 aliphatic rings. The molecule has 0 aromatic carbocycles. The van der Waals surface area contributed by atoms with Crippen LogP contribution in [0.2, 0.25) is 0 Å². The SMILES string of the molecule is Cc1[nH]c(=O)sc1S(=O)(=O)NC(C)CCCC(C)C. The normalized spacial score (nSPS) is 13.9. The Balaban J connectivity index is 2.65. The molecule has 0 fully saturated rings. The van der Waals surface area contributed by atoms with Gasteiger partial charge in [0, 0.05) is 11.7 Å². The molecule has 0 bridgehead atoms. The maximum atomic E-state index is 12.1. The molecule has 0 spiro atoms. The highest BCUT2D eigenvalue weighted by atomic mass is 32.2. The van der Waals surface area contributed by atoms with Crippen LogP contribution >= 0.6 is 11.3 Å². The predicted molar refractivity (Wildman–Crippen MR) is 78.1 cm³/mol. The van der Waals surface area contributed by atoms with Crippen molar-refractivity contribution in [3.63, 3.8) is 0 Å². The summed E-state index contributed by atoms with van der Waals surface area (Å²) in [6.45, 7) is 7.74. The van der Waals surface area contributed by atoms with E-state index in [4.69, 9.17) is 0 Å². The molecule has 7 heteroatoms. The lowest BCUT2D eigenvalue weighted by atomic mass is 10.0. The number of hydrogen-bond donors (Lipinski definition) is 2. The Morgan fingerprint density at radius 2 is 1.89 bits per heavy atom. The lowest BCUT2D eigenvalue weighted by Crippen LogP contribution is -2.32. The molecular formula is C12H22N2O3S2.